The average molecular weight is 432 g/mol. The van der Waals surface area contributed by atoms with Gasteiger partial charge in [-0.3, -0.25) is 4.79 Å². The maximum atomic E-state index is 13.4. The van der Waals surface area contributed by atoms with Gasteiger partial charge >= 0.3 is 0 Å². The van der Waals surface area contributed by atoms with Crippen molar-refractivity contribution in [3.05, 3.63) is 77.0 Å². The van der Waals surface area contributed by atoms with Gasteiger partial charge in [0, 0.05) is 35.1 Å². The summed E-state index contributed by atoms with van der Waals surface area (Å²) in [6.07, 6.45) is 0.859. The lowest BCUT2D eigenvalue weighted by Gasteiger charge is -2.12. The smallest absolute Gasteiger partial charge is 0.224 e. The summed E-state index contributed by atoms with van der Waals surface area (Å²) in [6, 6.07) is 13.6. The minimum Gasteiger partial charge on any atom is -0.497 e. The van der Waals surface area contributed by atoms with Gasteiger partial charge < -0.3 is 10.1 Å². The molecular weight excluding hydrogens is 407 g/mol. The molecule has 2 aromatic carbocycles. The van der Waals surface area contributed by atoms with Crippen molar-refractivity contribution in [1.82, 2.24) is 14.6 Å². The minimum atomic E-state index is -0.280. The summed E-state index contributed by atoms with van der Waals surface area (Å²) in [5.74, 6) is 0.327. The zero-order valence-corrected chi connectivity index (χ0v) is 18.6. The molecule has 6 nitrogen and oxygen atoms in total. The quantitative estimate of drug-likeness (QED) is 0.463. The van der Waals surface area contributed by atoms with Crippen LogP contribution in [-0.2, 0) is 11.2 Å². The van der Waals surface area contributed by atoms with Crippen molar-refractivity contribution in [1.29, 1.82) is 0 Å². The van der Waals surface area contributed by atoms with E-state index in [2.05, 4.69) is 10.4 Å². The first-order valence-corrected chi connectivity index (χ1v) is 10.4. The normalized spacial score (nSPS) is 11.0. The third-order valence-corrected chi connectivity index (χ3v) is 5.59. The first-order valence-electron chi connectivity index (χ1n) is 10.4. The monoisotopic (exact) mass is 432 g/mol. The van der Waals surface area contributed by atoms with Crippen LogP contribution in [0, 0.1) is 26.6 Å². The van der Waals surface area contributed by atoms with Crippen LogP contribution >= 0.6 is 0 Å². The fourth-order valence-electron chi connectivity index (χ4n) is 3.95. The van der Waals surface area contributed by atoms with Crippen LogP contribution in [0.1, 0.15) is 29.1 Å². The van der Waals surface area contributed by atoms with Crippen LogP contribution in [0.25, 0.3) is 16.8 Å². The molecule has 164 valence electrons. The highest BCUT2D eigenvalue weighted by Crippen LogP contribution is 2.29. The number of nitrogens with one attached hydrogen (secondary N) is 1. The van der Waals surface area contributed by atoms with Gasteiger partial charge in [0.25, 0.3) is 0 Å². The Morgan fingerprint density at radius 3 is 2.56 bits per heavy atom. The Bertz CT molecular complexity index is 1300. The van der Waals surface area contributed by atoms with Crippen molar-refractivity contribution < 1.29 is 13.9 Å². The van der Waals surface area contributed by atoms with E-state index < -0.39 is 0 Å². The summed E-state index contributed by atoms with van der Waals surface area (Å²) in [5, 5.41) is 7.58. The molecule has 0 aliphatic heterocycles. The predicted molar refractivity (Wildman–Crippen MR) is 123 cm³/mol. The number of aromatic nitrogens is 3. The maximum Gasteiger partial charge on any atom is 0.224 e. The number of hydrogen-bond acceptors (Lipinski definition) is 4. The molecule has 0 aliphatic rings. The molecule has 1 N–H and O–H groups in total. The second kappa shape index (κ2) is 8.78. The van der Waals surface area contributed by atoms with Crippen molar-refractivity contribution in [3.63, 3.8) is 0 Å². The number of rotatable bonds is 6. The second-order valence-corrected chi connectivity index (χ2v) is 7.74. The van der Waals surface area contributed by atoms with Gasteiger partial charge in [-0.25, -0.2) is 13.9 Å². The molecule has 0 fully saturated rings. The Morgan fingerprint density at radius 1 is 1.09 bits per heavy atom. The Hall–Kier alpha value is -3.74. The lowest BCUT2D eigenvalue weighted by molar-refractivity contribution is -0.116. The van der Waals surface area contributed by atoms with Crippen molar-refractivity contribution in [3.8, 4) is 16.9 Å². The van der Waals surface area contributed by atoms with Gasteiger partial charge in [0.2, 0.25) is 5.91 Å². The molecule has 0 saturated heterocycles. The largest absolute Gasteiger partial charge is 0.497 e. The molecule has 0 spiro atoms. The van der Waals surface area contributed by atoms with Crippen LogP contribution in [-0.4, -0.2) is 27.6 Å². The van der Waals surface area contributed by atoms with E-state index in [4.69, 9.17) is 9.72 Å². The summed E-state index contributed by atoms with van der Waals surface area (Å²) in [6.45, 7) is 5.85. The molecule has 0 atom stereocenters. The molecule has 0 aliphatic carbocycles. The summed E-state index contributed by atoms with van der Waals surface area (Å²) < 4.78 is 20.4. The highest BCUT2D eigenvalue weighted by Gasteiger charge is 2.18. The van der Waals surface area contributed by atoms with Gasteiger partial charge in [0.15, 0.2) is 5.65 Å². The molecule has 1 amide bonds. The Morgan fingerprint density at radius 2 is 1.84 bits per heavy atom. The van der Waals surface area contributed by atoms with Crippen molar-refractivity contribution in [2.45, 2.75) is 33.6 Å². The summed E-state index contributed by atoms with van der Waals surface area (Å²) in [7, 11) is 1.59. The van der Waals surface area contributed by atoms with Crippen LogP contribution in [0.4, 0.5) is 10.1 Å². The summed E-state index contributed by atoms with van der Waals surface area (Å²) in [4.78, 5) is 17.3. The van der Waals surface area contributed by atoms with Crippen LogP contribution in [0.5, 0.6) is 5.75 Å². The topological polar surface area (TPSA) is 68.5 Å². The van der Waals surface area contributed by atoms with Crippen molar-refractivity contribution in [2.75, 3.05) is 12.4 Å². The number of fused-ring (bicyclic) bond motifs is 1. The first-order chi connectivity index (χ1) is 15.4. The highest BCUT2D eigenvalue weighted by molar-refractivity contribution is 5.91. The molecule has 2 heterocycles. The molecule has 4 rings (SSSR count). The van der Waals surface area contributed by atoms with E-state index in [1.165, 1.54) is 12.1 Å². The third-order valence-electron chi connectivity index (χ3n) is 5.59. The number of anilines is 1. The molecule has 2 aromatic heterocycles. The molecular formula is C25H25FN4O2. The highest BCUT2D eigenvalue weighted by atomic mass is 19.1. The van der Waals surface area contributed by atoms with Gasteiger partial charge in [0.05, 0.1) is 12.8 Å². The SMILES string of the molecule is COc1cccc(NC(=O)CCc2c(C)nc3c(-c4ccc(F)cc4)c(C)nn3c2C)c1. The van der Waals surface area contributed by atoms with E-state index in [0.717, 1.165) is 39.4 Å². The molecule has 4 aromatic rings. The minimum absolute atomic E-state index is 0.0826. The Kier molecular flexibility index (Phi) is 5.90. The van der Waals surface area contributed by atoms with Gasteiger partial charge in [0.1, 0.15) is 11.6 Å². The number of methoxy groups -OCH3 is 1. The van der Waals surface area contributed by atoms with E-state index in [1.807, 2.05) is 43.5 Å². The van der Waals surface area contributed by atoms with Crippen LogP contribution in [0.15, 0.2) is 48.5 Å². The fourth-order valence-corrected chi connectivity index (χ4v) is 3.95. The van der Waals surface area contributed by atoms with Crippen molar-refractivity contribution >= 4 is 17.2 Å². The number of benzene rings is 2. The molecule has 0 unspecified atom stereocenters. The molecule has 0 saturated carbocycles. The van der Waals surface area contributed by atoms with E-state index in [-0.39, 0.29) is 11.7 Å². The lowest BCUT2D eigenvalue weighted by atomic mass is 10.0. The number of carbonyl (C=O) groups excluding carboxylic acids is 1. The van der Waals surface area contributed by atoms with Crippen molar-refractivity contribution in [2.24, 2.45) is 0 Å². The third kappa shape index (κ3) is 4.19. The fraction of sp³-hybridized carbons (Fsp3) is 0.240. The van der Waals surface area contributed by atoms with E-state index in [9.17, 15) is 9.18 Å². The molecule has 0 radical (unpaired) electrons. The van der Waals surface area contributed by atoms with E-state index >= 15 is 0 Å². The van der Waals surface area contributed by atoms with Crippen LogP contribution < -0.4 is 10.1 Å². The van der Waals surface area contributed by atoms with E-state index in [1.54, 1.807) is 25.3 Å². The standard InChI is InChI=1S/C25H25FN4O2/c1-15-22(12-13-23(31)28-20-6-5-7-21(14-20)32-4)17(3)30-25(27-15)24(16(2)29-30)18-8-10-19(26)11-9-18/h5-11,14H,12-13H2,1-4H3,(H,28,31). The zero-order chi connectivity index (χ0) is 22.8. The number of aryl methyl sites for hydroxylation is 3. The number of hydrogen-bond donors (Lipinski definition) is 1. The van der Waals surface area contributed by atoms with Crippen LogP contribution in [0.3, 0.4) is 0 Å². The summed E-state index contributed by atoms with van der Waals surface area (Å²) in [5.41, 5.74) is 6.79. The summed E-state index contributed by atoms with van der Waals surface area (Å²) >= 11 is 0. The zero-order valence-electron chi connectivity index (χ0n) is 18.6. The number of halogens is 1. The predicted octanol–water partition coefficient (Wildman–Crippen LogP) is 5.04. The van der Waals surface area contributed by atoms with Gasteiger partial charge in [-0.05, 0) is 62.6 Å². The second-order valence-electron chi connectivity index (χ2n) is 7.74. The number of carbonyl (C=O) groups is 1. The van der Waals surface area contributed by atoms with Gasteiger partial charge in [-0.2, -0.15) is 5.10 Å². The number of amides is 1. The molecule has 0 bridgehead atoms. The van der Waals surface area contributed by atoms with Gasteiger partial charge in [-0.15, -0.1) is 0 Å². The van der Waals surface area contributed by atoms with E-state index in [0.29, 0.717) is 24.3 Å². The Labute approximate surface area is 186 Å². The molecule has 32 heavy (non-hydrogen) atoms. The average Bonchev–Trinajstić information content (AvgIpc) is 3.10. The lowest BCUT2D eigenvalue weighted by Crippen LogP contribution is -2.14. The van der Waals surface area contributed by atoms with Gasteiger partial charge in [-0.1, -0.05) is 18.2 Å². The number of ether oxygens (including phenoxy) is 1. The van der Waals surface area contributed by atoms with Crippen LogP contribution in [0.2, 0.25) is 0 Å². The maximum absolute atomic E-state index is 13.4. The Balaban J connectivity index is 1.58. The first kappa shape index (κ1) is 21.5. The molecule has 7 heteroatoms. The number of nitrogens with zero attached hydrogens (tertiary/aromatic N) is 3.